The molecule has 1 amide bonds. The molecule has 5 rings (SSSR count). The second-order valence-electron chi connectivity index (χ2n) is 6.72. The molecule has 0 radical (unpaired) electrons. The van der Waals surface area contributed by atoms with Crippen LogP contribution >= 0.6 is 22.9 Å². The first kappa shape index (κ1) is 17.0. The Balaban J connectivity index is 1.80. The number of carbonyl (C=O) groups is 2. The van der Waals surface area contributed by atoms with Gasteiger partial charge in [0.15, 0.2) is 5.78 Å². The molecule has 2 heterocycles. The summed E-state index contributed by atoms with van der Waals surface area (Å²) < 4.78 is 0. The Bertz CT molecular complexity index is 1210. The van der Waals surface area contributed by atoms with Crippen LogP contribution in [-0.2, 0) is 0 Å². The van der Waals surface area contributed by atoms with Crippen LogP contribution in [0.15, 0.2) is 54.1 Å². The molecule has 1 atom stereocenters. The maximum Gasteiger partial charge on any atom is 0.260 e. The molecule has 138 valence electrons. The molecule has 0 saturated heterocycles. The van der Waals surface area contributed by atoms with Crippen LogP contribution < -0.4 is 16.8 Å². The Kier molecular flexibility index (Phi) is 3.62. The van der Waals surface area contributed by atoms with Gasteiger partial charge in [0, 0.05) is 33.2 Å². The van der Waals surface area contributed by atoms with Gasteiger partial charge in [0.1, 0.15) is 4.88 Å². The Morgan fingerprint density at radius 2 is 1.75 bits per heavy atom. The molecule has 0 spiro atoms. The lowest BCUT2D eigenvalue weighted by molar-refractivity contribution is 0.100. The zero-order valence-electron chi connectivity index (χ0n) is 14.5. The highest BCUT2D eigenvalue weighted by atomic mass is 35.5. The normalized spacial score (nSPS) is 17.0. The first-order valence-corrected chi connectivity index (χ1v) is 9.79. The van der Waals surface area contributed by atoms with Crippen molar-refractivity contribution in [2.45, 2.75) is 5.92 Å². The molecule has 28 heavy (non-hydrogen) atoms. The fourth-order valence-corrected chi connectivity index (χ4v) is 5.12. The molecule has 0 fully saturated rings. The third-order valence-electron chi connectivity index (χ3n) is 5.18. The van der Waals surface area contributed by atoms with Crippen molar-refractivity contribution in [3.8, 4) is 0 Å². The molecule has 2 aliphatic rings. The van der Waals surface area contributed by atoms with Crippen molar-refractivity contribution < 1.29 is 9.59 Å². The molecule has 5 N–H and O–H groups in total. The summed E-state index contributed by atoms with van der Waals surface area (Å²) in [5.74, 6) is -1.04. The highest BCUT2D eigenvalue weighted by molar-refractivity contribution is 7.19. The number of Topliss-reactive ketones (excluding diaryl/α,β-unsaturated/α-hetero) is 1. The molecule has 5 nitrogen and oxygen atoms in total. The van der Waals surface area contributed by atoms with Gasteiger partial charge in [0.2, 0.25) is 0 Å². The lowest BCUT2D eigenvalue weighted by Crippen LogP contribution is -2.19. The largest absolute Gasteiger partial charge is 0.397 e. The number of primary amides is 1. The molecular formula is C21H14ClN3O2S. The minimum atomic E-state index is -0.583. The zero-order chi connectivity index (χ0) is 19.6. The molecule has 1 aliphatic carbocycles. The van der Waals surface area contributed by atoms with Gasteiger partial charge in [-0.2, -0.15) is 0 Å². The highest BCUT2D eigenvalue weighted by Crippen LogP contribution is 2.54. The summed E-state index contributed by atoms with van der Waals surface area (Å²) in [7, 11) is 0. The molecule has 3 aromatic rings. The Morgan fingerprint density at radius 1 is 1.07 bits per heavy atom. The van der Waals surface area contributed by atoms with Crippen molar-refractivity contribution in [3.63, 3.8) is 0 Å². The van der Waals surface area contributed by atoms with Gasteiger partial charge < -0.3 is 16.8 Å². The minimum absolute atomic E-state index is 0.0464. The number of nitrogen functional groups attached to an aromatic ring is 1. The highest BCUT2D eigenvalue weighted by Gasteiger charge is 2.42. The number of carbonyl (C=O) groups excluding carboxylic acids is 2. The van der Waals surface area contributed by atoms with Crippen molar-refractivity contribution >= 4 is 51.0 Å². The average Bonchev–Trinajstić information content (AvgIpc) is 3.17. The van der Waals surface area contributed by atoms with E-state index in [2.05, 4.69) is 5.32 Å². The van der Waals surface area contributed by atoms with E-state index in [9.17, 15) is 9.59 Å². The summed E-state index contributed by atoms with van der Waals surface area (Å²) in [6.45, 7) is 0. The summed E-state index contributed by atoms with van der Waals surface area (Å²) in [6.07, 6.45) is 0. The van der Waals surface area contributed by atoms with Gasteiger partial charge in [-0.1, -0.05) is 48.0 Å². The summed E-state index contributed by atoms with van der Waals surface area (Å²) in [5, 5.41) is 4.67. The number of amides is 1. The van der Waals surface area contributed by atoms with E-state index in [4.69, 9.17) is 23.1 Å². The van der Waals surface area contributed by atoms with E-state index in [-0.39, 0.29) is 5.78 Å². The van der Waals surface area contributed by atoms with E-state index in [1.165, 1.54) is 11.3 Å². The van der Waals surface area contributed by atoms with Crippen LogP contribution in [0.4, 0.5) is 10.7 Å². The number of fused-ring (bicyclic) bond motifs is 3. The van der Waals surface area contributed by atoms with Crippen LogP contribution in [0.5, 0.6) is 0 Å². The van der Waals surface area contributed by atoms with Crippen LogP contribution in [-0.4, -0.2) is 11.7 Å². The maximum atomic E-state index is 13.3. The molecule has 1 aliphatic heterocycles. The third-order valence-corrected chi connectivity index (χ3v) is 6.58. The molecular weight excluding hydrogens is 394 g/mol. The maximum absolute atomic E-state index is 13.3. The third kappa shape index (κ3) is 2.25. The average molecular weight is 408 g/mol. The fourth-order valence-electron chi connectivity index (χ4n) is 3.98. The summed E-state index contributed by atoms with van der Waals surface area (Å²) >= 11 is 7.28. The minimum Gasteiger partial charge on any atom is -0.397 e. The number of hydrogen-bond donors (Lipinski definition) is 3. The fraction of sp³-hybridized carbons (Fsp3) is 0.0476. The number of nitrogens with one attached hydrogen (secondary N) is 1. The van der Waals surface area contributed by atoms with Gasteiger partial charge in [-0.25, -0.2) is 0 Å². The van der Waals surface area contributed by atoms with Crippen molar-refractivity contribution in [2.75, 3.05) is 11.1 Å². The van der Waals surface area contributed by atoms with Crippen molar-refractivity contribution in [3.05, 3.63) is 86.3 Å². The lowest BCUT2D eigenvalue weighted by Gasteiger charge is -2.27. The summed E-state index contributed by atoms with van der Waals surface area (Å²) in [6, 6.07) is 14.8. The molecule has 0 saturated carbocycles. The quantitative estimate of drug-likeness (QED) is 0.591. The van der Waals surface area contributed by atoms with Crippen molar-refractivity contribution in [2.24, 2.45) is 5.73 Å². The monoisotopic (exact) mass is 407 g/mol. The van der Waals surface area contributed by atoms with Crippen molar-refractivity contribution in [1.82, 2.24) is 0 Å². The summed E-state index contributed by atoms with van der Waals surface area (Å²) in [5.41, 5.74) is 16.6. The topological polar surface area (TPSA) is 98.2 Å². The first-order chi connectivity index (χ1) is 13.5. The van der Waals surface area contributed by atoms with Crippen LogP contribution in [0, 0.1) is 0 Å². The van der Waals surface area contributed by atoms with E-state index in [0.29, 0.717) is 32.3 Å². The Hall–Kier alpha value is -3.09. The lowest BCUT2D eigenvalue weighted by atomic mass is 9.81. The zero-order valence-corrected chi connectivity index (χ0v) is 16.0. The molecule has 0 bridgehead atoms. The van der Waals surface area contributed by atoms with Crippen LogP contribution in [0.2, 0.25) is 5.02 Å². The number of hydrogen-bond acceptors (Lipinski definition) is 5. The van der Waals surface area contributed by atoms with Gasteiger partial charge in [0.25, 0.3) is 5.91 Å². The second-order valence-corrected chi connectivity index (χ2v) is 8.18. The number of ketones is 1. The van der Waals surface area contributed by atoms with Crippen LogP contribution in [0.1, 0.15) is 42.6 Å². The van der Waals surface area contributed by atoms with Gasteiger partial charge in [-0.3, -0.25) is 9.59 Å². The van der Waals surface area contributed by atoms with Gasteiger partial charge in [0.05, 0.1) is 16.4 Å². The number of thiophene rings is 1. The van der Waals surface area contributed by atoms with E-state index in [0.717, 1.165) is 21.8 Å². The number of halogens is 1. The molecule has 7 heteroatoms. The van der Waals surface area contributed by atoms with E-state index < -0.39 is 11.8 Å². The predicted molar refractivity (Wildman–Crippen MR) is 112 cm³/mol. The standard InChI is InChI=1S/C21H14ClN3O2S/c22-10-7-5-9(6-8-10)13-14-16(23)19(20(24)27)28-21(14)25-17-11-3-1-2-4-12(11)18(26)15(13)17/h1-8,13,25H,23H2,(H2,24,27)/t13-/m1/s1. The van der Waals surface area contributed by atoms with E-state index in [1.807, 2.05) is 36.4 Å². The van der Waals surface area contributed by atoms with Crippen LogP contribution in [0.25, 0.3) is 5.70 Å². The van der Waals surface area contributed by atoms with Gasteiger partial charge >= 0.3 is 0 Å². The second kappa shape index (κ2) is 5.95. The van der Waals surface area contributed by atoms with E-state index >= 15 is 0 Å². The SMILES string of the molecule is NC(=O)c1sc2c(c1N)[C@@H](c1ccc(Cl)cc1)C1=C(N2)c2ccccc2C1=O. The Labute approximate surface area is 169 Å². The Morgan fingerprint density at radius 3 is 2.43 bits per heavy atom. The number of nitrogens with two attached hydrogens (primary N) is 2. The molecule has 0 unspecified atom stereocenters. The summed E-state index contributed by atoms with van der Waals surface area (Å²) in [4.78, 5) is 25.4. The van der Waals surface area contributed by atoms with Gasteiger partial charge in [-0.05, 0) is 17.7 Å². The first-order valence-electron chi connectivity index (χ1n) is 8.60. The van der Waals surface area contributed by atoms with Crippen molar-refractivity contribution in [1.29, 1.82) is 0 Å². The van der Waals surface area contributed by atoms with E-state index in [1.54, 1.807) is 12.1 Å². The van der Waals surface area contributed by atoms with Crippen LogP contribution in [0.3, 0.4) is 0 Å². The van der Waals surface area contributed by atoms with Gasteiger partial charge in [-0.15, -0.1) is 11.3 Å². The smallest absolute Gasteiger partial charge is 0.260 e. The number of benzene rings is 2. The number of rotatable bonds is 2. The predicted octanol–water partition coefficient (Wildman–Crippen LogP) is 4.25. The number of allylic oxidation sites excluding steroid dienone is 1. The molecule has 1 aromatic heterocycles. The molecule has 2 aromatic carbocycles. The number of anilines is 2.